The molecule has 0 aliphatic heterocycles. The fourth-order valence-corrected chi connectivity index (χ4v) is 2.19. The van der Waals surface area contributed by atoms with Gasteiger partial charge in [-0.25, -0.2) is 0 Å². The minimum atomic E-state index is -0.00400. The van der Waals surface area contributed by atoms with Crippen molar-refractivity contribution in [2.75, 3.05) is 5.32 Å². The van der Waals surface area contributed by atoms with Gasteiger partial charge in [0, 0.05) is 23.3 Å². The van der Waals surface area contributed by atoms with Crippen LogP contribution in [0.4, 0.5) is 5.13 Å². The van der Waals surface area contributed by atoms with Crippen LogP contribution in [0.2, 0.25) is 0 Å². The SMILES string of the molecule is Cc1cccnc1-c1nsc(NC(C)(C)C)n1. The van der Waals surface area contributed by atoms with E-state index in [1.54, 1.807) is 6.20 Å². The van der Waals surface area contributed by atoms with Crippen molar-refractivity contribution in [1.82, 2.24) is 14.3 Å². The van der Waals surface area contributed by atoms with Crippen LogP contribution in [0.3, 0.4) is 0 Å². The van der Waals surface area contributed by atoms with Crippen molar-refractivity contribution in [3.8, 4) is 11.5 Å². The van der Waals surface area contributed by atoms with Gasteiger partial charge in [0.2, 0.25) is 5.13 Å². The molecule has 0 aliphatic carbocycles. The van der Waals surface area contributed by atoms with Gasteiger partial charge in [-0.15, -0.1) is 0 Å². The third kappa shape index (κ3) is 3.00. The lowest BCUT2D eigenvalue weighted by molar-refractivity contribution is 0.633. The molecule has 5 heteroatoms. The molecule has 2 heterocycles. The molecule has 0 fully saturated rings. The van der Waals surface area contributed by atoms with Crippen molar-refractivity contribution in [3.05, 3.63) is 23.9 Å². The molecule has 1 N–H and O–H groups in total. The quantitative estimate of drug-likeness (QED) is 0.887. The van der Waals surface area contributed by atoms with Crippen LogP contribution in [0, 0.1) is 6.92 Å². The molecule has 0 amide bonds. The molecule has 4 nitrogen and oxygen atoms in total. The molecule has 0 spiro atoms. The maximum atomic E-state index is 4.46. The Bertz CT molecular complexity index is 513. The van der Waals surface area contributed by atoms with Crippen molar-refractivity contribution < 1.29 is 0 Å². The summed E-state index contributed by atoms with van der Waals surface area (Å²) in [5.74, 6) is 0.694. The van der Waals surface area contributed by atoms with Crippen LogP contribution in [0.1, 0.15) is 26.3 Å². The zero-order chi connectivity index (χ0) is 12.5. The van der Waals surface area contributed by atoms with E-state index in [1.807, 2.05) is 19.1 Å². The summed E-state index contributed by atoms with van der Waals surface area (Å²) in [6.07, 6.45) is 1.76. The van der Waals surface area contributed by atoms with E-state index >= 15 is 0 Å². The molecule has 0 radical (unpaired) electrons. The van der Waals surface area contributed by atoms with E-state index < -0.39 is 0 Å². The van der Waals surface area contributed by atoms with Crippen LogP contribution in [0.5, 0.6) is 0 Å². The van der Waals surface area contributed by atoms with Crippen molar-refractivity contribution in [1.29, 1.82) is 0 Å². The molecule has 0 aliphatic rings. The lowest BCUT2D eigenvalue weighted by Gasteiger charge is -2.18. The summed E-state index contributed by atoms with van der Waals surface area (Å²) in [7, 11) is 0. The Labute approximate surface area is 105 Å². The van der Waals surface area contributed by atoms with E-state index in [2.05, 4.69) is 40.4 Å². The summed E-state index contributed by atoms with van der Waals surface area (Å²) in [5.41, 5.74) is 1.94. The lowest BCUT2D eigenvalue weighted by Crippen LogP contribution is -2.25. The fraction of sp³-hybridized carbons (Fsp3) is 0.417. The van der Waals surface area contributed by atoms with Gasteiger partial charge in [-0.05, 0) is 39.3 Å². The number of nitrogens with zero attached hydrogens (tertiary/aromatic N) is 3. The van der Waals surface area contributed by atoms with E-state index in [0.29, 0.717) is 5.82 Å². The summed E-state index contributed by atoms with van der Waals surface area (Å²) < 4.78 is 4.34. The normalized spacial score (nSPS) is 11.5. The highest BCUT2D eigenvalue weighted by atomic mass is 32.1. The number of anilines is 1. The monoisotopic (exact) mass is 248 g/mol. The molecular weight excluding hydrogens is 232 g/mol. The fourth-order valence-electron chi connectivity index (χ4n) is 1.41. The van der Waals surface area contributed by atoms with E-state index in [0.717, 1.165) is 16.4 Å². The molecule has 2 aromatic rings. The standard InChI is InChI=1S/C12H16N4S/c1-8-6-5-7-13-9(8)10-14-11(17-16-10)15-12(2,3)4/h5-7H,1-4H3,(H,14,15,16). The number of rotatable bonds is 2. The van der Waals surface area contributed by atoms with Gasteiger partial charge in [-0.2, -0.15) is 9.36 Å². The summed E-state index contributed by atoms with van der Waals surface area (Å²) >= 11 is 1.37. The van der Waals surface area contributed by atoms with E-state index in [-0.39, 0.29) is 5.54 Å². The zero-order valence-corrected chi connectivity index (χ0v) is 11.3. The maximum Gasteiger partial charge on any atom is 0.203 e. The number of pyridine rings is 1. The second-order valence-corrected chi connectivity index (χ2v) is 5.72. The van der Waals surface area contributed by atoms with E-state index in [1.165, 1.54) is 11.5 Å². The van der Waals surface area contributed by atoms with Gasteiger partial charge in [0.25, 0.3) is 0 Å². The van der Waals surface area contributed by atoms with E-state index in [4.69, 9.17) is 0 Å². The molecule has 0 unspecified atom stereocenters. The molecule has 90 valence electrons. The zero-order valence-electron chi connectivity index (χ0n) is 10.5. The van der Waals surface area contributed by atoms with Crippen LogP contribution in [-0.4, -0.2) is 19.9 Å². The molecule has 0 saturated carbocycles. The van der Waals surface area contributed by atoms with Gasteiger partial charge in [0.15, 0.2) is 5.82 Å². The van der Waals surface area contributed by atoms with Gasteiger partial charge < -0.3 is 5.32 Å². The number of nitrogens with one attached hydrogen (secondary N) is 1. The largest absolute Gasteiger partial charge is 0.356 e. The van der Waals surface area contributed by atoms with Crippen LogP contribution in [0.15, 0.2) is 18.3 Å². The number of aromatic nitrogens is 3. The highest BCUT2D eigenvalue weighted by Crippen LogP contribution is 2.23. The first-order valence-electron chi connectivity index (χ1n) is 5.49. The molecule has 0 atom stereocenters. The number of hydrogen-bond donors (Lipinski definition) is 1. The first kappa shape index (κ1) is 12.0. The van der Waals surface area contributed by atoms with Gasteiger partial charge in [0.05, 0.1) is 0 Å². The Kier molecular flexibility index (Phi) is 3.11. The number of aryl methyl sites for hydroxylation is 1. The minimum absolute atomic E-state index is 0.00400. The number of hydrogen-bond acceptors (Lipinski definition) is 5. The Hall–Kier alpha value is -1.49. The van der Waals surface area contributed by atoms with Gasteiger partial charge in [0.1, 0.15) is 5.69 Å². The lowest BCUT2D eigenvalue weighted by atomic mass is 10.1. The van der Waals surface area contributed by atoms with Crippen molar-refractivity contribution in [3.63, 3.8) is 0 Å². The highest BCUT2D eigenvalue weighted by molar-refractivity contribution is 7.09. The predicted octanol–water partition coefficient (Wildman–Crippen LogP) is 3.12. The average Bonchev–Trinajstić information content (AvgIpc) is 2.64. The van der Waals surface area contributed by atoms with Gasteiger partial charge in [-0.3, -0.25) is 4.98 Å². The smallest absolute Gasteiger partial charge is 0.203 e. The molecule has 2 rings (SSSR count). The second kappa shape index (κ2) is 4.41. The van der Waals surface area contributed by atoms with Crippen LogP contribution in [-0.2, 0) is 0 Å². The maximum absolute atomic E-state index is 4.46. The first-order chi connectivity index (χ1) is 7.96. The van der Waals surface area contributed by atoms with Gasteiger partial charge >= 0.3 is 0 Å². The first-order valence-corrected chi connectivity index (χ1v) is 6.27. The van der Waals surface area contributed by atoms with Crippen molar-refractivity contribution in [2.24, 2.45) is 0 Å². The summed E-state index contributed by atoms with van der Waals surface area (Å²) in [6.45, 7) is 8.31. The van der Waals surface area contributed by atoms with Gasteiger partial charge in [-0.1, -0.05) is 6.07 Å². The highest BCUT2D eigenvalue weighted by Gasteiger charge is 2.14. The minimum Gasteiger partial charge on any atom is -0.356 e. The third-order valence-corrected chi connectivity index (χ3v) is 2.76. The Balaban J connectivity index is 2.28. The Morgan fingerprint density at radius 2 is 2.06 bits per heavy atom. The van der Waals surface area contributed by atoms with Crippen LogP contribution in [0.25, 0.3) is 11.5 Å². The van der Waals surface area contributed by atoms with E-state index in [9.17, 15) is 0 Å². The molecule has 0 bridgehead atoms. The summed E-state index contributed by atoms with van der Waals surface area (Å²) in [6, 6.07) is 3.93. The molecular formula is C12H16N4S. The molecule has 2 aromatic heterocycles. The van der Waals surface area contributed by atoms with Crippen molar-refractivity contribution >= 4 is 16.7 Å². The molecule has 17 heavy (non-hydrogen) atoms. The molecule has 0 saturated heterocycles. The van der Waals surface area contributed by atoms with Crippen molar-refractivity contribution in [2.45, 2.75) is 33.2 Å². The summed E-state index contributed by atoms with van der Waals surface area (Å²) in [5, 5.41) is 4.14. The predicted molar refractivity (Wildman–Crippen MR) is 71.3 cm³/mol. The molecule has 0 aromatic carbocycles. The third-order valence-electron chi connectivity index (χ3n) is 2.13. The Morgan fingerprint density at radius 1 is 1.29 bits per heavy atom. The topological polar surface area (TPSA) is 50.7 Å². The second-order valence-electron chi connectivity index (χ2n) is 4.97. The average molecular weight is 248 g/mol. The Morgan fingerprint density at radius 3 is 2.71 bits per heavy atom. The van der Waals surface area contributed by atoms with Crippen LogP contribution < -0.4 is 5.32 Å². The summed E-state index contributed by atoms with van der Waals surface area (Å²) in [4.78, 5) is 8.77. The van der Waals surface area contributed by atoms with Crippen LogP contribution >= 0.6 is 11.5 Å².